The Kier molecular flexibility index (Phi) is 2.63. The van der Waals surface area contributed by atoms with E-state index in [1.165, 1.54) is 22.3 Å². The van der Waals surface area contributed by atoms with E-state index >= 15 is 0 Å². The summed E-state index contributed by atoms with van der Waals surface area (Å²) in [7, 11) is 0. The van der Waals surface area contributed by atoms with Crippen LogP contribution in [0.25, 0.3) is 5.57 Å². The molecule has 78 valence electrons. The van der Waals surface area contributed by atoms with Crippen molar-refractivity contribution in [3.63, 3.8) is 0 Å². The highest BCUT2D eigenvalue weighted by Gasteiger charge is 2.10. The molecule has 1 aliphatic rings. The summed E-state index contributed by atoms with van der Waals surface area (Å²) >= 11 is 0. The molecule has 2 rings (SSSR count). The van der Waals surface area contributed by atoms with E-state index in [0.29, 0.717) is 0 Å². The van der Waals surface area contributed by atoms with Gasteiger partial charge in [-0.05, 0) is 55.0 Å². The predicted octanol–water partition coefficient (Wildman–Crippen LogP) is 3.32. The Morgan fingerprint density at radius 3 is 2.20 bits per heavy atom. The van der Waals surface area contributed by atoms with Gasteiger partial charge in [0.2, 0.25) is 0 Å². The lowest BCUT2D eigenvalue weighted by atomic mass is 9.90. The largest absolute Gasteiger partial charge is 0.402 e. The normalized spacial score (nSPS) is 15.9. The van der Waals surface area contributed by atoms with Crippen molar-refractivity contribution >= 4 is 5.57 Å². The Hall–Kier alpha value is -1.50. The van der Waals surface area contributed by atoms with Crippen LogP contribution < -0.4 is 5.73 Å². The quantitative estimate of drug-likeness (QED) is 0.737. The van der Waals surface area contributed by atoms with Crippen LogP contribution >= 0.6 is 0 Å². The van der Waals surface area contributed by atoms with Gasteiger partial charge in [0.1, 0.15) is 0 Å². The summed E-state index contributed by atoms with van der Waals surface area (Å²) in [6.45, 7) is 4.34. The van der Waals surface area contributed by atoms with Crippen molar-refractivity contribution in [1.82, 2.24) is 0 Å². The molecule has 1 nitrogen and oxygen atoms in total. The highest BCUT2D eigenvalue weighted by Crippen LogP contribution is 2.29. The number of nitrogens with two attached hydrogens (primary N) is 1. The molecule has 0 aromatic heterocycles. The van der Waals surface area contributed by atoms with Crippen LogP contribution in [0.4, 0.5) is 0 Å². The van der Waals surface area contributed by atoms with Gasteiger partial charge in [-0.3, -0.25) is 0 Å². The second-order valence-electron chi connectivity index (χ2n) is 4.20. The molecule has 0 fully saturated rings. The number of aryl methyl sites for hydroxylation is 2. The number of hydrogen-bond donors (Lipinski definition) is 1. The van der Waals surface area contributed by atoms with E-state index < -0.39 is 0 Å². The van der Waals surface area contributed by atoms with Crippen LogP contribution in [0.1, 0.15) is 29.5 Å². The molecular weight excluding hydrogens is 182 g/mol. The topological polar surface area (TPSA) is 26.0 Å². The summed E-state index contributed by atoms with van der Waals surface area (Å²) in [5.41, 5.74) is 12.3. The molecule has 0 atom stereocenters. The predicted molar refractivity (Wildman–Crippen MR) is 65.4 cm³/mol. The minimum Gasteiger partial charge on any atom is -0.402 e. The van der Waals surface area contributed by atoms with Crippen molar-refractivity contribution < 1.29 is 0 Å². The minimum atomic E-state index is 0.986. The van der Waals surface area contributed by atoms with Crippen LogP contribution in [0, 0.1) is 13.8 Å². The molecule has 1 aromatic rings. The van der Waals surface area contributed by atoms with Gasteiger partial charge in [-0.2, -0.15) is 0 Å². The highest BCUT2D eigenvalue weighted by molar-refractivity contribution is 5.73. The van der Waals surface area contributed by atoms with E-state index in [-0.39, 0.29) is 0 Å². The van der Waals surface area contributed by atoms with Gasteiger partial charge >= 0.3 is 0 Å². The summed E-state index contributed by atoms with van der Waals surface area (Å²) in [6.07, 6.45) is 6.24. The van der Waals surface area contributed by atoms with E-state index in [1.54, 1.807) is 0 Å². The maximum atomic E-state index is 5.77. The van der Waals surface area contributed by atoms with Crippen LogP contribution in [-0.4, -0.2) is 0 Å². The first-order chi connectivity index (χ1) is 7.18. The molecule has 0 heterocycles. The lowest BCUT2D eigenvalue weighted by Gasteiger charge is -2.16. The fourth-order valence-corrected chi connectivity index (χ4v) is 2.18. The molecule has 1 aliphatic carbocycles. The van der Waals surface area contributed by atoms with Gasteiger partial charge in [-0.1, -0.05) is 24.3 Å². The third-order valence-electron chi connectivity index (χ3n) is 2.98. The van der Waals surface area contributed by atoms with Crippen LogP contribution in [0.15, 0.2) is 36.0 Å². The molecule has 0 saturated carbocycles. The molecule has 1 aromatic carbocycles. The zero-order valence-corrected chi connectivity index (χ0v) is 9.38. The molecule has 0 saturated heterocycles. The molecule has 0 unspecified atom stereocenters. The lowest BCUT2D eigenvalue weighted by molar-refractivity contribution is 0.955. The van der Waals surface area contributed by atoms with E-state index in [9.17, 15) is 0 Å². The van der Waals surface area contributed by atoms with Crippen LogP contribution in [0.3, 0.4) is 0 Å². The molecule has 1 heteroatoms. The van der Waals surface area contributed by atoms with E-state index in [0.717, 1.165) is 18.5 Å². The van der Waals surface area contributed by atoms with Crippen LogP contribution in [-0.2, 0) is 0 Å². The summed E-state index contributed by atoms with van der Waals surface area (Å²) in [4.78, 5) is 0. The fourth-order valence-electron chi connectivity index (χ4n) is 2.18. The Labute approximate surface area is 91.3 Å². The first-order valence-corrected chi connectivity index (χ1v) is 5.40. The summed E-state index contributed by atoms with van der Waals surface area (Å²) in [5, 5.41) is 0. The Balaban J connectivity index is 2.46. The average molecular weight is 199 g/mol. The Morgan fingerprint density at radius 1 is 1.00 bits per heavy atom. The SMILES string of the molecule is Cc1cccc(C)c1C1=CC=C(N)CC1. The second kappa shape index (κ2) is 3.93. The van der Waals surface area contributed by atoms with Crippen molar-refractivity contribution in [3.8, 4) is 0 Å². The van der Waals surface area contributed by atoms with Gasteiger partial charge in [-0.15, -0.1) is 0 Å². The number of rotatable bonds is 1. The van der Waals surface area contributed by atoms with Crippen molar-refractivity contribution in [2.45, 2.75) is 26.7 Å². The smallest absolute Gasteiger partial charge is 0.00839 e. The van der Waals surface area contributed by atoms with Crippen molar-refractivity contribution in [3.05, 3.63) is 52.7 Å². The Morgan fingerprint density at radius 2 is 1.67 bits per heavy atom. The Bertz CT molecular complexity index is 418. The number of allylic oxidation sites excluding steroid dienone is 4. The highest BCUT2D eigenvalue weighted by atomic mass is 14.6. The van der Waals surface area contributed by atoms with E-state index in [2.05, 4.69) is 38.1 Å². The fraction of sp³-hybridized carbons (Fsp3) is 0.286. The van der Waals surface area contributed by atoms with E-state index in [4.69, 9.17) is 5.73 Å². The summed E-state index contributed by atoms with van der Waals surface area (Å²) in [6, 6.07) is 6.46. The molecule has 0 amide bonds. The minimum absolute atomic E-state index is 0.986. The van der Waals surface area contributed by atoms with Crippen molar-refractivity contribution in [1.29, 1.82) is 0 Å². The van der Waals surface area contributed by atoms with Crippen LogP contribution in [0.5, 0.6) is 0 Å². The van der Waals surface area contributed by atoms with Gasteiger partial charge in [0.15, 0.2) is 0 Å². The maximum absolute atomic E-state index is 5.77. The molecule has 0 spiro atoms. The van der Waals surface area contributed by atoms with Gasteiger partial charge in [-0.25, -0.2) is 0 Å². The van der Waals surface area contributed by atoms with Gasteiger partial charge < -0.3 is 5.73 Å². The molecule has 0 aliphatic heterocycles. The lowest BCUT2D eigenvalue weighted by Crippen LogP contribution is -2.03. The van der Waals surface area contributed by atoms with Crippen molar-refractivity contribution in [2.75, 3.05) is 0 Å². The van der Waals surface area contributed by atoms with E-state index in [1.807, 2.05) is 6.08 Å². The zero-order valence-electron chi connectivity index (χ0n) is 9.38. The second-order valence-corrected chi connectivity index (χ2v) is 4.20. The zero-order chi connectivity index (χ0) is 10.8. The standard InChI is InChI=1S/C14H17N/c1-10-4-3-5-11(2)14(10)12-6-8-13(15)9-7-12/h3-6,8H,7,9,15H2,1-2H3. The molecule has 15 heavy (non-hydrogen) atoms. The first-order valence-electron chi connectivity index (χ1n) is 5.40. The molecule has 0 radical (unpaired) electrons. The van der Waals surface area contributed by atoms with Gasteiger partial charge in [0, 0.05) is 5.70 Å². The molecular formula is C14H17N. The molecule has 0 bridgehead atoms. The number of hydrogen-bond acceptors (Lipinski definition) is 1. The van der Waals surface area contributed by atoms with Gasteiger partial charge in [0.05, 0.1) is 0 Å². The van der Waals surface area contributed by atoms with Gasteiger partial charge in [0.25, 0.3) is 0 Å². The summed E-state index contributed by atoms with van der Waals surface area (Å²) in [5.74, 6) is 0. The van der Waals surface area contributed by atoms with Crippen molar-refractivity contribution in [2.24, 2.45) is 5.73 Å². The average Bonchev–Trinajstić information content (AvgIpc) is 2.20. The monoisotopic (exact) mass is 199 g/mol. The molecule has 2 N–H and O–H groups in total. The maximum Gasteiger partial charge on any atom is 0.00839 e. The number of benzene rings is 1. The third-order valence-corrected chi connectivity index (χ3v) is 2.98. The first kappa shape index (κ1) is 10.0. The third kappa shape index (κ3) is 1.96. The van der Waals surface area contributed by atoms with Crippen LogP contribution in [0.2, 0.25) is 0 Å². The summed E-state index contributed by atoms with van der Waals surface area (Å²) < 4.78 is 0.